The molecule has 0 saturated carbocycles. The minimum absolute atomic E-state index is 0.122. The van der Waals surface area contributed by atoms with Crippen LogP contribution in [0.3, 0.4) is 0 Å². The predicted octanol–water partition coefficient (Wildman–Crippen LogP) is 0.676. The number of carbonyl (C=O) groups is 1. The van der Waals surface area contributed by atoms with E-state index in [-0.39, 0.29) is 11.9 Å². The van der Waals surface area contributed by atoms with Gasteiger partial charge in [0.05, 0.1) is 17.4 Å². The standard InChI is InChI=1S/C8H11ClN4O/c1-5(7(14)10-2)13-8-11-3-6(9)4-12-8/h3-5H,1-2H3,(H,10,14)(H,11,12,13)/t5-/m0/s1. The summed E-state index contributed by atoms with van der Waals surface area (Å²) in [5, 5.41) is 5.80. The van der Waals surface area contributed by atoms with Crippen LogP contribution in [0.5, 0.6) is 0 Å². The molecule has 1 heterocycles. The first kappa shape index (κ1) is 10.7. The number of anilines is 1. The van der Waals surface area contributed by atoms with Crippen molar-refractivity contribution in [1.29, 1.82) is 0 Å². The fourth-order valence-corrected chi connectivity index (χ4v) is 0.960. The molecule has 0 radical (unpaired) electrons. The van der Waals surface area contributed by atoms with E-state index in [1.54, 1.807) is 14.0 Å². The van der Waals surface area contributed by atoms with Crippen molar-refractivity contribution in [1.82, 2.24) is 15.3 Å². The van der Waals surface area contributed by atoms with Crippen molar-refractivity contribution < 1.29 is 4.79 Å². The summed E-state index contributed by atoms with van der Waals surface area (Å²) in [7, 11) is 1.57. The number of nitrogens with one attached hydrogen (secondary N) is 2. The number of carbonyl (C=O) groups excluding carboxylic acids is 1. The van der Waals surface area contributed by atoms with E-state index in [9.17, 15) is 4.79 Å². The van der Waals surface area contributed by atoms with Crippen molar-refractivity contribution in [2.24, 2.45) is 0 Å². The van der Waals surface area contributed by atoms with Crippen LogP contribution in [-0.2, 0) is 4.79 Å². The van der Waals surface area contributed by atoms with Gasteiger partial charge in [0, 0.05) is 7.05 Å². The van der Waals surface area contributed by atoms with Gasteiger partial charge in [-0.25, -0.2) is 9.97 Å². The monoisotopic (exact) mass is 214 g/mol. The molecule has 14 heavy (non-hydrogen) atoms. The maximum Gasteiger partial charge on any atom is 0.242 e. The Kier molecular flexibility index (Phi) is 3.64. The summed E-state index contributed by atoms with van der Waals surface area (Å²) in [6.45, 7) is 1.72. The molecule has 1 atom stereocenters. The molecule has 0 saturated heterocycles. The Balaban J connectivity index is 2.60. The predicted molar refractivity (Wildman–Crippen MR) is 54.2 cm³/mol. The third kappa shape index (κ3) is 2.85. The summed E-state index contributed by atoms with van der Waals surface area (Å²) in [5.41, 5.74) is 0. The minimum atomic E-state index is -0.374. The van der Waals surface area contributed by atoms with Crippen LogP contribution in [0, 0.1) is 0 Å². The molecule has 0 aliphatic carbocycles. The topological polar surface area (TPSA) is 66.9 Å². The maximum absolute atomic E-state index is 11.1. The third-order valence-corrected chi connectivity index (χ3v) is 1.80. The molecule has 6 heteroatoms. The Morgan fingerprint density at radius 2 is 2.07 bits per heavy atom. The molecule has 1 aromatic rings. The van der Waals surface area contributed by atoms with Crippen LogP contribution >= 0.6 is 11.6 Å². The Morgan fingerprint density at radius 3 is 2.57 bits per heavy atom. The van der Waals surface area contributed by atoms with Gasteiger partial charge in [0.2, 0.25) is 11.9 Å². The first-order valence-corrected chi connectivity index (χ1v) is 4.47. The van der Waals surface area contributed by atoms with Gasteiger partial charge in [-0.05, 0) is 6.92 Å². The zero-order valence-electron chi connectivity index (χ0n) is 7.91. The third-order valence-electron chi connectivity index (χ3n) is 1.61. The zero-order valence-corrected chi connectivity index (χ0v) is 8.67. The van der Waals surface area contributed by atoms with Crippen LogP contribution in [0.25, 0.3) is 0 Å². The van der Waals surface area contributed by atoms with Crippen molar-refractivity contribution in [3.05, 3.63) is 17.4 Å². The Bertz CT molecular complexity index is 314. The second-order valence-electron chi connectivity index (χ2n) is 2.71. The van der Waals surface area contributed by atoms with E-state index in [0.717, 1.165) is 0 Å². The molecule has 0 fully saturated rings. The van der Waals surface area contributed by atoms with E-state index in [0.29, 0.717) is 11.0 Å². The second-order valence-corrected chi connectivity index (χ2v) is 3.14. The molecule has 0 aliphatic heterocycles. The minimum Gasteiger partial charge on any atom is -0.357 e. The fraction of sp³-hybridized carbons (Fsp3) is 0.375. The van der Waals surface area contributed by atoms with Gasteiger partial charge in [-0.1, -0.05) is 11.6 Å². The number of likely N-dealkylation sites (N-methyl/N-ethyl adjacent to an activating group) is 1. The highest BCUT2D eigenvalue weighted by atomic mass is 35.5. The largest absolute Gasteiger partial charge is 0.357 e. The highest BCUT2D eigenvalue weighted by Crippen LogP contribution is 2.06. The first-order chi connectivity index (χ1) is 6.63. The first-order valence-electron chi connectivity index (χ1n) is 4.09. The van der Waals surface area contributed by atoms with Gasteiger partial charge in [-0.15, -0.1) is 0 Å². The smallest absolute Gasteiger partial charge is 0.242 e. The van der Waals surface area contributed by atoms with E-state index in [1.165, 1.54) is 12.4 Å². The van der Waals surface area contributed by atoms with Crippen LogP contribution in [-0.4, -0.2) is 29.0 Å². The number of halogens is 1. The molecule has 0 aromatic carbocycles. The number of hydrogen-bond acceptors (Lipinski definition) is 4. The van der Waals surface area contributed by atoms with Crippen molar-refractivity contribution in [2.75, 3.05) is 12.4 Å². The average Bonchev–Trinajstić information content (AvgIpc) is 2.20. The second kappa shape index (κ2) is 4.76. The van der Waals surface area contributed by atoms with Gasteiger partial charge < -0.3 is 10.6 Å². The highest BCUT2D eigenvalue weighted by Gasteiger charge is 2.10. The van der Waals surface area contributed by atoms with Crippen LogP contribution in [0.1, 0.15) is 6.92 Å². The van der Waals surface area contributed by atoms with Gasteiger partial charge in [0.1, 0.15) is 6.04 Å². The SMILES string of the molecule is CNC(=O)[C@H](C)Nc1ncc(Cl)cn1. The summed E-state index contributed by atoms with van der Waals surface area (Å²) < 4.78 is 0. The molecule has 1 rings (SSSR count). The fourth-order valence-electron chi connectivity index (χ4n) is 0.863. The lowest BCUT2D eigenvalue weighted by molar-refractivity contribution is -0.121. The Hall–Kier alpha value is -1.36. The summed E-state index contributed by atoms with van der Waals surface area (Å²) >= 11 is 5.61. The molecular weight excluding hydrogens is 204 g/mol. The molecule has 76 valence electrons. The summed E-state index contributed by atoms with van der Waals surface area (Å²) in [4.78, 5) is 18.9. The molecule has 0 unspecified atom stereocenters. The summed E-state index contributed by atoms with van der Waals surface area (Å²) in [6.07, 6.45) is 2.93. The maximum atomic E-state index is 11.1. The number of aromatic nitrogens is 2. The quantitative estimate of drug-likeness (QED) is 0.777. The van der Waals surface area contributed by atoms with Crippen LogP contribution < -0.4 is 10.6 Å². The van der Waals surface area contributed by atoms with Crippen LogP contribution in [0.4, 0.5) is 5.95 Å². The van der Waals surface area contributed by atoms with Gasteiger partial charge in [-0.3, -0.25) is 4.79 Å². The van der Waals surface area contributed by atoms with Gasteiger partial charge in [0.25, 0.3) is 0 Å². The van der Waals surface area contributed by atoms with E-state index in [2.05, 4.69) is 20.6 Å². The molecule has 1 amide bonds. The number of hydrogen-bond donors (Lipinski definition) is 2. The lowest BCUT2D eigenvalue weighted by atomic mass is 10.3. The number of amides is 1. The Labute approximate surface area is 86.9 Å². The number of nitrogens with zero attached hydrogens (tertiary/aromatic N) is 2. The molecular formula is C8H11ClN4O. The number of rotatable bonds is 3. The van der Waals surface area contributed by atoms with Gasteiger partial charge >= 0.3 is 0 Å². The zero-order chi connectivity index (χ0) is 10.6. The van der Waals surface area contributed by atoms with Crippen molar-refractivity contribution in [3.63, 3.8) is 0 Å². The average molecular weight is 215 g/mol. The molecule has 0 spiro atoms. The van der Waals surface area contributed by atoms with Crippen molar-refractivity contribution in [2.45, 2.75) is 13.0 Å². The van der Waals surface area contributed by atoms with E-state index in [4.69, 9.17) is 11.6 Å². The van der Waals surface area contributed by atoms with Crippen molar-refractivity contribution >= 4 is 23.5 Å². The Morgan fingerprint density at radius 1 is 1.50 bits per heavy atom. The van der Waals surface area contributed by atoms with Crippen LogP contribution in [0.2, 0.25) is 5.02 Å². The van der Waals surface area contributed by atoms with E-state index >= 15 is 0 Å². The van der Waals surface area contributed by atoms with Gasteiger partial charge in [0.15, 0.2) is 0 Å². The van der Waals surface area contributed by atoms with Crippen molar-refractivity contribution in [3.8, 4) is 0 Å². The molecule has 5 nitrogen and oxygen atoms in total. The molecule has 0 aliphatic rings. The van der Waals surface area contributed by atoms with E-state index in [1.807, 2.05) is 0 Å². The lowest BCUT2D eigenvalue weighted by Crippen LogP contribution is -2.35. The molecule has 1 aromatic heterocycles. The lowest BCUT2D eigenvalue weighted by Gasteiger charge is -2.11. The van der Waals surface area contributed by atoms with E-state index < -0.39 is 0 Å². The molecule has 0 bridgehead atoms. The molecule has 2 N–H and O–H groups in total. The van der Waals surface area contributed by atoms with Gasteiger partial charge in [-0.2, -0.15) is 0 Å². The normalized spacial score (nSPS) is 11.9. The highest BCUT2D eigenvalue weighted by molar-refractivity contribution is 6.30. The summed E-state index contributed by atoms with van der Waals surface area (Å²) in [5.74, 6) is 0.258. The summed E-state index contributed by atoms with van der Waals surface area (Å²) in [6, 6.07) is -0.374. The van der Waals surface area contributed by atoms with Crippen LogP contribution in [0.15, 0.2) is 12.4 Å².